The fourth-order valence-corrected chi connectivity index (χ4v) is 1.66. The Morgan fingerprint density at radius 3 is 2.42 bits per heavy atom. The number of nitrogens with one attached hydrogen (secondary N) is 2. The number of hydrogen-bond acceptors (Lipinski definition) is 3. The number of rotatable bonds is 5. The van der Waals surface area contributed by atoms with Crippen molar-refractivity contribution in [2.45, 2.75) is 39.2 Å². The summed E-state index contributed by atoms with van der Waals surface area (Å²) in [6.07, 6.45) is 0. The predicted molar refractivity (Wildman–Crippen MR) is 78.9 cm³/mol. The second-order valence-corrected chi connectivity index (χ2v) is 5.44. The van der Waals surface area contributed by atoms with E-state index in [4.69, 9.17) is 4.74 Å². The molecule has 0 aliphatic heterocycles. The van der Waals surface area contributed by atoms with Gasteiger partial charge < -0.3 is 15.4 Å². The number of methoxy groups -OCH3 is 1. The van der Waals surface area contributed by atoms with Gasteiger partial charge in [0, 0.05) is 5.69 Å². The lowest BCUT2D eigenvalue weighted by atomic mass is 10.0. The molecule has 1 rings (SSSR count). The number of anilines is 1. The Morgan fingerprint density at radius 1 is 1.32 bits per heavy atom. The molecule has 0 bridgehead atoms. The van der Waals surface area contributed by atoms with Crippen molar-refractivity contribution < 1.29 is 9.53 Å². The van der Waals surface area contributed by atoms with E-state index in [-0.39, 0.29) is 5.91 Å². The predicted octanol–water partition coefficient (Wildman–Crippen LogP) is 2.76. The monoisotopic (exact) mass is 264 g/mol. The third-order valence-electron chi connectivity index (χ3n) is 3.30. The molecule has 1 aromatic rings. The van der Waals surface area contributed by atoms with Crippen LogP contribution >= 0.6 is 0 Å². The van der Waals surface area contributed by atoms with Gasteiger partial charge in [-0.05, 0) is 50.6 Å². The van der Waals surface area contributed by atoms with Crippen molar-refractivity contribution in [1.29, 1.82) is 0 Å². The van der Waals surface area contributed by atoms with Gasteiger partial charge in [-0.25, -0.2) is 0 Å². The van der Waals surface area contributed by atoms with Crippen molar-refractivity contribution in [2.75, 3.05) is 19.5 Å². The first-order valence-electron chi connectivity index (χ1n) is 6.50. The highest BCUT2D eigenvalue weighted by Gasteiger charge is 2.25. The minimum atomic E-state index is -0.599. The van der Waals surface area contributed by atoms with Crippen LogP contribution in [0.4, 0.5) is 5.69 Å². The third-order valence-corrected chi connectivity index (χ3v) is 3.30. The average molecular weight is 264 g/mol. The Bertz CT molecular complexity index is 453. The molecular weight excluding hydrogens is 240 g/mol. The Balaban J connectivity index is 2.98. The quantitative estimate of drug-likeness (QED) is 0.859. The first-order chi connectivity index (χ1) is 8.81. The molecule has 0 aromatic heterocycles. The summed E-state index contributed by atoms with van der Waals surface area (Å²) >= 11 is 0. The zero-order valence-electron chi connectivity index (χ0n) is 12.6. The largest absolute Gasteiger partial charge is 0.496 e. The van der Waals surface area contributed by atoms with Crippen LogP contribution in [-0.2, 0) is 4.79 Å². The van der Waals surface area contributed by atoms with Crippen LogP contribution in [0.25, 0.3) is 0 Å². The van der Waals surface area contributed by atoms with Gasteiger partial charge >= 0.3 is 0 Å². The highest BCUT2D eigenvalue weighted by atomic mass is 16.5. The number of benzene rings is 1. The van der Waals surface area contributed by atoms with Gasteiger partial charge in [0.2, 0.25) is 5.91 Å². The van der Waals surface area contributed by atoms with Crippen molar-refractivity contribution in [3.63, 3.8) is 0 Å². The molecule has 0 radical (unpaired) electrons. The summed E-state index contributed by atoms with van der Waals surface area (Å²) in [5.74, 6) is 1.12. The van der Waals surface area contributed by atoms with Gasteiger partial charge in [0.05, 0.1) is 12.6 Å². The van der Waals surface area contributed by atoms with Crippen LogP contribution in [0.15, 0.2) is 18.2 Å². The van der Waals surface area contributed by atoms with Crippen molar-refractivity contribution in [3.8, 4) is 5.75 Å². The summed E-state index contributed by atoms with van der Waals surface area (Å²) in [7, 11) is 3.43. The molecular formula is C15H24N2O2. The number of ether oxygens (including phenoxy) is 1. The van der Waals surface area contributed by atoms with Crippen LogP contribution in [0.2, 0.25) is 0 Å². The first-order valence-corrected chi connectivity index (χ1v) is 6.50. The van der Waals surface area contributed by atoms with E-state index in [0.717, 1.165) is 17.0 Å². The standard InChI is InChI=1S/C15H24N2O2/c1-10(2)12-9-11(7-8-13(12)19-6)17-14(18)15(3,4)16-5/h7-10,16H,1-6H3,(H,17,18). The zero-order chi connectivity index (χ0) is 14.6. The molecule has 0 spiro atoms. The van der Waals surface area contributed by atoms with Gasteiger partial charge in [-0.3, -0.25) is 4.79 Å². The second kappa shape index (κ2) is 6.06. The Hall–Kier alpha value is -1.55. The minimum Gasteiger partial charge on any atom is -0.496 e. The molecule has 1 aromatic carbocycles. The molecule has 0 fully saturated rings. The van der Waals surface area contributed by atoms with Crippen LogP contribution in [0.5, 0.6) is 5.75 Å². The van der Waals surface area contributed by atoms with Crippen LogP contribution in [0.3, 0.4) is 0 Å². The van der Waals surface area contributed by atoms with Crippen molar-refractivity contribution in [3.05, 3.63) is 23.8 Å². The van der Waals surface area contributed by atoms with Crippen molar-refractivity contribution in [1.82, 2.24) is 5.32 Å². The Kier molecular flexibility index (Phi) is 4.95. The molecule has 4 nitrogen and oxygen atoms in total. The summed E-state index contributed by atoms with van der Waals surface area (Å²) in [4.78, 5) is 12.1. The summed E-state index contributed by atoms with van der Waals surface area (Å²) in [6, 6.07) is 5.71. The molecule has 0 atom stereocenters. The van der Waals surface area contributed by atoms with Gasteiger partial charge in [0.25, 0.3) is 0 Å². The number of carbonyl (C=O) groups is 1. The molecule has 0 saturated heterocycles. The normalized spacial score (nSPS) is 11.5. The van der Waals surface area contributed by atoms with Gasteiger partial charge in [-0.2, -0.15) is 0 Å². The van der Waals surface area contributed by atoms with Crippen molar-refractivity contribution >= 4 is 11.6 Å². The highest BCUT2D eigenvalue weighted by molar-refractivity contribution is 5.97. The van der Waals surface area contributed by atoms with Gasteiger partial charge in [0.1, 0.15) is 5.75 Å². The molecule has 106 valence electrons. The van der Waals surface area contributed by atoms with Crippen molar-refractivity contribution in [2.24, 2.45) is 0 Å². The van der Waals surface area contributed by atoms with Crippen LogP contribution in [-0.4, -0.2) is 25.6 Å². The SMILES string of the molecule is CNC(C)(C)C(=O)Nc1ccc(OC)c(C(C)C)c1. The molecule has 0 aliphatic rings. The first kappa shape index (κ1) is 15.5. The van der Waals surface area contributed by atoms with Gasteiger partial charge in [0.15, 0.2) is 0 Å². The van der Waals surface area contributed by atoms with E-state index in [2.05, 4.69) is 24.5 Å². The van der Waals surface area contributed by atoms with Crippen LogP contribution in [0.1, 0.15) is 39.2 Å². The lowest BCUT2D eigenvalue weighted by molar-refractivity contribution is -0.121. The summed E-state index contributed by atoms with van der Waals surface area (Å²) in [6.45, 7) is 7.88. The minimum absolute atomic E-state index is 0.0603. The number of likely N-dealkylation sites (N-methyl/N-ethyl adjacent to an activating group) is 1. The molecule has 1 amide bonds. The molecule has 0 unspecified atom stereocenters. The van der Waals surface area contributed by atoms with E-state index in [0.29, 0.717) is 5.92 Å². The average Bonchev–Trinajstić information content (AvgIpc) is 2.38. The van der Waals surface area contributed by atoms with Gasteiger partial charge in [-0.15, -0.1) is 0 Å². The zero-order valence-corrected chi connectivity index (χ0v) is 12.6. The molecule has 0 aliphatic carbocycles. The number of hydrogen-bond donors (Lipinski definition) is 2. The Labute approximate surface area is 115 Å². The fraction of sp³-hybridized carbons (Fsp3) is 0.533. The summed E-state index contributed by atoms with van der Waals surface area (Å²) in [5.41, 5.74) is 1.28. The smallest absolute Gasteiger partial charge is 0.244 e. The maximum Gasteiger partial charge on any atom is 0.244 e. The van der Waals surface area contributed by atoms with E-state index in [1.807, 2.05) is 32.0 Å². The van der Waals surface area contributed by atoms with Crippen LogP contribution in [0, 0.1) is 0 Å². The Morgan fingerprint density at radius 2 is 1.95 bits per heavy atom. The molecule has 2 N–H and O–H groups in total. The topological polar surface area (TPSA) is 50.4 Å². The summed E-state index contributed by atoms with van der Waals surface area (Å²) in [5, 5.41) is 5.91. The van der Waals surface area contributed by atoms with E-state index >= 15 is 0 Å². The molecule has 19 heavy (non-hydrogen) atoms. The van der Waals surface area contributed by atoms with E-state index in [9.17, 15) is 4.79 Å². The van der Waals surface area contributed by atoms with E-state index < -0.39 is 5.54 Å². The lowest BCUT2D eigenvalue weighted by Gasteiger charge is -2.23. The fourth-order valence-electron chi connectivity index (χ4n) is 1.66. The molecule has 4 heteroatoms. The van der Waals surface area contributed by atoms with E-state index in [1.165, 1.54) is 0 Å². The third kappa shape index (κ3) is 3.70. The lowest BCUT2D eigenvalue weighted by Crippen LogP contribution is -2.47. The maximum absolute atomic E-state index is 12.1. The van der Waals surface area contributed by atoms with E-state index in [1.54, 1.807) is 14.2 Å². The summed E-state index contributed by atoms with van der Waals surface area (Å²) < 4.78 is 5.33. The second-order valence-electron chi connectivity index (χ2n) is 5.44. The molecule has 0 saturated carbocycles. The number of carbonyl (C=O) groups excluding carboxylic acids is 1. The number of amides is 1. The van der Waals surface area contributed by atoms with Crippen LogP contribution < -0.4 is 15.4 Å². The maximum atomic E-state index is 12.1. The van der Waals surface area contributed by atoms with Gasteiger partial charge in [-0.1, -0.05) is 13.8 Å². The highest BCUT2D eigenvalue weighted by Crippen LogP contribution is 2.29. The molecule has 0 heterocycles.